The summed E-state index contributed by atoms with van der Waals surface area (Å²) in [6, 6.07) is 12.7. The second-order valence-electron chi connectivity index (χ2n) is 13.9. The molecule has 2 heterocycles. The number of carbonyl (C=O) groups is 2. The standard InChI is InChI=1S/C36H46Br2O13/c1-17(2)23-13-4-18(3)14-24(23)48-36-30(42)28(40)27(39)25(49-36)15-47-35-31(43)29(41)32(51-34(45)20-7-11-22(38)12-8-20)26(50-35)16-46-33(44)19-5-9-21(37)10-6-19/h5-12,17-18,23-32,35-36,39-43H,4,13-16H2,1-3H3/t18-,23+,24-,25+,26+,27+,28-,29+,30+,31+,32+,35+,36-/m0/s1. The molecule has 15 heteroatoms. The maximum Gasteiger partial charge on any atom is 0.338 e. The Labute approximate surface area is 313 Å². The number of rotatable bonds is 11. The van der Waals surface area contributed by atoms with Crippen molar-refractivity contribution in [2.75, 3.05) is 13.2 Å². The summed E-state index contributed by atoms with van der Waals surface area (Å²) in [6.07, 6.45) is -12.7. The van der Waals surface area contributed by atoms with Gasteiger partial charge in [-0.2, -0.15) is 0 Å². The van der Waals surface area contributed by atoms with Crippen LogP contribution in [0.15, 0.2) is 57.5 Å². The number of hydrogen-bond acceptors (Lipinski definition) is 13. The Hall–Kier alpha value is -2.02. The van der Waals surface area contributed by atoms with Crippen LogP contribution in [0.1, 0.15) is 60.7 Å². The monoisotopic (exact) mass is 844 g/mol. The molecule has 1 saturated carbocycles. The van der Waals surface area contributed by atoms with Crippen LogP contribution in [-0.4, -0.2) is 118 Å². The number of ether oxygens (including phenoxy) is 6. The minimum absolute atomic E-state index is 0.159. The molecule has 0 unspecified atom stereocenters. The van der Waals surface area contributed by atoms with Crippen molar-refractivity contribution in [3.05, 3.63) is 68.6 Å². The number of carbonyl (C=O) groups excluding carboxylic acids is 2. The topological polar surface area (TPSA) is 191 Å². The van der Waals surface area contributed by atoms with Crippen molar-refractivity contribution >= 4 is 43.8 Å². The molecule has 3 aliphatic rings. The molecule has 2 aromatic carbocycles. The van der Waals surface area contributed by atoms with Gasteiger partial charge in [-0.25, -0.2) is 9.59 Å². The Kier molecular flexibility index (Phi) is 14.1. The number of aliphatic hydroxyl groups is 5. The van der Waals surface area contributed by atoms with Crippen LogP contribution in [0.2, 0.25) is 0 Å². The van der Waals surface area contributed by atoms with Crippen LogP contribution in [0, 0.1) is 17.8 Å². The quantitative estimate of drug-likeness (QED) is 0.207. The van der Waals surface area contributed by atoms with E-state index in [4.69, 9.17) is 28.4 Å². The summed E-state index contributed by atoms with van der Waals surface area (Å²) in [7, 11) is 0. The smallest absolute Gasteiger partial charge is 0.338 e. The molecule has 2 aromatic rings. The van der Waals surface area contributed by atoms with Crippen LogP contribution >= 0.6 is 31.9 Å². The number of esters is 2. The first-order valence-electron chi connectivity index (χ1n) is 17.1. The Morgan fingerprint density at radius 2 is 1.31 bits per heavy atom. The minimum Gasteiger partial charge on any atom is -0.459 e. The van der Waals surface area contributed by atoms with Crippen molar-refractivity contribution < 1.29 is 63.5 Å². The normalized spacial score (nSPS) is 35.7. The lowest BCUT2D eigenvalue weighted by molar-refractivity contribution is -0.339. The Morgan fingerprint density at radius 1 is 0.745 bits per heavy atom. The predicted octanol–water partition coefficient (Wildman–Crippen LogP) is 3.34. The lowest BCUT2D eigenvalue weighted by Crippen LogP contribution is -2.62. The minimum atomic E-state index is -1.77. The van der Waals surface area contributed by atoms with Gasteiger partial charge in [0.2, 0.25) is 0 Å². The summed E-state index contributed by atoms with van der Waals surface area (Å²) in [5, 5.41) is 54.6. The second kappa shape index (κ2) is 17.9. The zero-order valence-corrected chi connectivity index (χ0v) is 31.7. The lowest BCUT2D eigenvalue weighted by Gasteiger charge is -2.45. The largest absolute Gasteiger partial charge is 0.459 e. The van der Waals surface area contributed by atoms with E-state index in [0.29, 0.717) is 11.8 Å². The summed E-state index contributed by atoms with van der Waals surface area (Å²) < 4.78 is 36.5. The van der Waals surface area contributed by atoms with Gasteiger partial charge >= 0.3 is 11.9 Å². The van der Waals surface area contributed by atoms with Gasteiger partial charge in [0.15, 0.2) is 18.7 Å². The zero-order valence-electron chi connectivity index (χ0n) is 28.5. The maximum atomic E-state index is 13.0. The van der Waals surface area contributed by atoms with Gasteiger partial charge in [0, 0.05) is 8.95 Å². The van der Waals surface area contributed by atoms with Crippen LogP contribution in [0.3, 0.4) is 0 Å². The van der Waals surface area contributed by atoms with E-state index in [1.807, 2.05) is 0 Å². The number of halogens is 2. The van der Waals surface area contributed by atoms with Crippen molar-refractivity contribution in [3.8, 4) is 0 Å². The first kappa shape index (κ1) is 40.2. The van der Waals surface area contributed by atoms with Crippen molar-refractivity contribution in [2.45, 2.75) is 108 Å². The molecule has 5 N–H and O–H groups in total. The van der Waals surface area contributed by atoms with E-state index < -0.39 is 86.6 Å². The molecule has 51 heavy (non-hydrogen) atoms. The summed E-state index contributed by atoms with van der Waals surface area (Å²) in [5.74, 6) is -0.614. The van der Waals surface area contributed by atoms with Gasteiger partial charge in [0.25, 0.3) is 0 Å². The molecule has 0 bridgehead atoms. The van der Waals surface area contributed by atoms with Gasteiger partial charge in [-0.05, 0) is 79.1 Å². The van der Waals surface area contributed by atoms with E-state index in [1.165, 1.54) is 12.1 Å². The number of benzene rings is 2. The molecule has 0 aromatic heterocycles. The Morgan fingerprint density at radius 3 is 1.92 bits per heavy atom. The molecule has 2 saturated heterocycles. The molecule has 13 atom stereocenters. The Balaban J connectivity index is 1.28. The third-order valence-corrected chi connectivity index (χ3v) is 10.8. The molecule has 2 aliphatic heterocycles. The summed E-state index contributed by atoms with van der Waals surface area (Å²) in [5.41, 5.74) is 0.390. The van der Waals surface area contributed by atoms with Crippen LogP contribution in [0.25, 0.3) is 0 Å². The lowest BCUT2D eigenvalue weighted by atomic mass is 9.75. The van der Waals surface area contributed by atoms with Gasteiger partial charge < -0.3 is 54.0 Å². The van der Waals surface area contributed by atoms with E-state index in [0.717, 1.165) is 28.2 Å². The Bertz CT molecular complexity index is 1440. The van der Waals surface area contributed by atoms with E-state index in [-0.39, 0.29) is 23.1 Å². The zero-order chi connectivity index (χ0) is 37.0. The van der Waals surface area contributed by atoms with Gasteiger partial charge in [0.05, 0.1) is 23.8 Å². The first-order chi connectivity index (χ1) is 24.2. The predicted molar refractivity (Wildman–Crippen MR) is 187 cm³/mol. The van der Waals surface area contributed by atoms with Crippen LogP contribution < -0.4 is 0 Å². The molecule has 0 amide bonds. The SMILES string of the molecule is CC(C)[C@H]1CC[C@H](C)C[C@@H]1O[C@H]1O[C@H](CO[C@@H]2O[C@H](COC(=O)c3ccc(Br)cc3)[C@@H](OC(=O)c3ccc(Br)cc3)[C@H](O)[C@H]2O)[C@@H](O)[C@H](O)[C@H]1O. The van der Waals surface area contributed by atoms with E-state index in [1.54, 1.807) is 36.4 Å². The van der Waals surface area contributed by atoms with Crippen molar-refractivity contribution in [3.63, 3.8) is 0 Å². The molecule has 282 valence electrons. The molecule has 5 rings (SSSR count). The van der Waals surface area contributed by atoms with Crippen LogP contribution in [-0.2, 0) is 28.4 Å². The number of hydrogen-bond donors (Lipinski definition) is 5. The van der Waals surface area contributed by atoms with Crippen LogP contribution in [0.5, 0.6) is 0 Å². The summed E-state index contributed by atoms with van der Waals surface area (Å²) in [4.78, 5) is 25.9. The highest BCUT2D eigenvalue weighted by Crippen LogP contribution is 2.37. The molecule has 1 aliphatic carbocycles. The van der Waals surface area contributed by atoms with Gasteiger partial charge in [-0.1, -0.05) is 59.1 Å². The third kappa shape index (κ3) is 9.95. The average molecular weight is 847 g/mol. The fourth-order valence-corrected chi connectivity index (χ4v) is 7.26. The average Bonchev–Trinajstić information content (AvgIpc) is 3.10. The molecular formula is C36H46Br2O13. The van der Waals surface area contributed by atoms with Gasteiger partial charge in [-0.3, -0.25) is 0 Å². The highest BCUT2D eigenvalue weighted by molar-refractivity contribution is 9.10. The van der Waals surface area contributed by atoms with Crippen molar-refractivity contribution in [1.82, 2.24) is 0 Å². The summed E-state index contributed by atoms with van der Waals surface area (Å²) in [6.45, 7) is 5.37. The fraction of sp³-hybridized carbons (Fsp3) is 0.611. The van der Waals surface area contributed by atoms with E-state index in [9.17, 15) is 35.1 Å². The second-order valence-corrected chi connectivity index (χ2v) is 15.7. The molecule has 13 nitrogen and oxygen atoms in total. The maximum absolute atomic E-state index is 13.0. The fourth-order valence-electron chi connectivity index (χ4n) is 6.73. The van der Waals surface area contributed by atoms with E-state index in [2.05, 4.69) is 52.6 Å². The van der Waals surface area contributed by atoms with E-state index >= 15 is 0 Å². The van der Waals surface area contributed by atoms with Gasteiger partial charge in [0.1, 0.15) is 49.3 Å². The molecule has 0 spiro atoms. The molecule has 3 fully saturated rings. The molecule has 0 radical (unpaired) electrons. The van der Waals surface area contributed by atoms with Crippen molar-refractivity contribution in [1.29, 1.82) is 0 Å². The first-order valence-corrected chi connectivity index (χ1v) is 18.7. The molecular weight excluding hydrogens is 800 g/mol. The highest BCUT2D eigenvalue weighted by atomic mass is 79.9. The van der Waals surface area contributed by atoms with Crippen molar-refractivity contribution in [2.24, 2.45) is 17.8 Å². The third-order valence-electron chi connectivity index (χ3n) is 9.79. The van der Waals surface area contributed by atoms with Crippen LogP contribution in [0.4, 0.5) is 0 Å². The summed E-state index contributed by atoms with van der Waals surface area (Å²) >= 11 is 6.61. The number of aliphatic hydroxyl groups excluding tert-OH is 5. The highest BCUT2D eigenvalue weighted by Gasteiger charge is 2.50. The van der Waals surface area contributed by atoms with Gasteiger partial charge in [-0.15, -0.1) is 0 Å².